The van der Waals surface area contributed by atoms with E-state index in [0.717, 1.165) is 32.6 Å². The van der Waals surface area contributed by atoms with Gasteiger partial charge in [0.2, 0.25) is 5.91 Å². The Kier molecular flexibility index (Phi) is 4.35. The predicted octanol–water partition coefficient (Wildman–Crippen LogP) is -0.0786. The number of hydrogen-bond donors (Lipinski definition) is 1. The zero-order valence-electron chi connectivity index (χ0n) is 9.07. The second kappa shape index (κ2) is 5.32. The maximum absolute atomic E-state index is 11.3. The Balaban J connectivity index is 2.44. The van der Waals surface area contributed by atoms with Crippen LogP contribution in [0.4, 0.5) is 0 Å². The van der Waals surface area contributed by atoms with Crippen LogP contribution >= 0.6 is 0 Å². The summed E-state index contributed by atoms with van der Waals surface area (Å²) in [5.41, 5.74) is 0. The summed E-state index contributed by atoms with van der Waals surface area (Å²) in [5.74, 6) is -0.143. The van der Waals surface area contributed by atoms with Crippen molar-refractivity contribution in [3.05, 3.63) is 0 Å². The molecular weight excluding hydrogens is 180 g/mol. The van der Waals surface area contributed by atoms with Crippen molar-refractivity contribution in [3.8, 4) is 0 Å². The van der Waals surface area contributed by atoms with Gasteiger partial charge in [-0.3, -0.25) is 9.69 Å². The van der Waals surface area contributed by atoms with E-state index in [9.17, 15) is 4.79 Å². The van der Waals surface area contributed by atoms with E-state index in [2.05, 4.69) is 18.7 Å². The Bertz CT molecular complexity index is 195. The van der Waals surface area contributed by atoms with Crippen molar-refractivity contribution < 1.29 is 9.90 Å². The Morgan fingerprint density at radius 1 is 1.29 bits per heavy atom. The van der Waals surface area contributed by atoms with Crippen molar-refractivity contribution in [2.75, 3.05) is 32.8 Å². The molecule has 14 heavy (non-hydrogen) atoms. The smallest absolute Gasteiger partial charge is 0.248 e. The first-order chi connectivity index (χ1) is 6.65. The number of rotatable bonds is 2. The lowest BCUT2D eigenvalue weighted by atomic mass is 10.3. The summed E-state index contributed by atoms with van der Waals surface area (Å²) in [6.45, 7) is 7.48. The van der Waals surface area contributed by atoms with E-state index in [0.29, 0.717) is 6.04 Å². The number of nitrogens with zero attached hydrogens (tertiary/aromatic N) is 2. The van der Waals surface area contributed by atoms with E-state index in [1.165, 1.54) is 0 Å². The van der Waals surface area contributed by atoms with Crippen molar-refractivity contribution in [3.63, 3.8) is 0 Å². The molecule has 4 nitrogen and oxygen atoms in total. The summed E-state index contributed by atoms with van der Waals surface area (Å²) in [6.07, 6.45) is 1.00. The molecule has 0 bridgehead atoms. The van der Waals surface area contributed by atoms with Crippen LogP contribution in [0.15, 0.2) is 0 Å². The molecule has 0 atom stereocenters. The van der Waals surface area contributed by atoms with Crippen LogP contribution in [-0.4, -0.2) is 59.6 Å². The SMILES string of the molecule is CC(C)N1CCCN(C(=O)CO)CC1. The van der Waals surface area contributed by atoms with Crippen LogP contribution in [0.2, 0.25) is 0 Å². The van der Waals surface area contributed by atoms with Crippen LogP contribution in [-0.2, 0) is 4.79 Å². The monoisotopic (exact) mass is 200 g/mol. The van der Waals surface area contributed by atoms with Crippen LogP contribution in [0.25, 0.3) is 0 Å². The van der Waals surface area contributed by atoms with E-state index in [4.69, 9.17) is 5.11 Å². The van der Waals surface area contributed by atoms with Gasteiger partial charge in [-0.15, -0.1) is 0 Å². The Morgan fingerprint density at radius 3 is 2.57 bits per heavy atom. The minimum Gasteiger partial charge on any atom is -0.387 e. The van der Waals surface area contributed by atoms with Gasteiger partial charge in [-0.2, -0.15) is 0 Å². The van der Waals surface area contributed by atoms with E-state index < -0.39 is 0 Å². The first-order valence-electron chi connectivity index (χ1n) is 5.28. The molecule has 0 aromatic rings. The maximum Gasteiger partial charge on any atom is 0.248 e. The highest BCUT2D eigenvalue weighted by Crippen LogP contribution is 2.06. The van der Waals surface area contributed by atoms with Crippen molar-refractivity contribution in [1.82, 2.24) is 9.80 Å². The number of aliphatic hydroxyl groups excluding tert-OH is 1. The zero-order valence-corrected chi connectivity index (χ0v) is 9.07. The Morgan fingerprint density at radius 2 is 2.00 bits per heavy atom. The number of carbonyl (C=O) groups is 1. The summed E-state index contributed by atoms with van der Waals surface area (Å²) in [4.78, 5) is 15.4. The third kappa shape index (κ3) is 2.96. The average Bonchev–Trinajstić information content (AvgIpc) is 2.41. The lowest BCUT2D eigenvalue weighted by Crippen LogP contribution is -2.38. The average molecular weight is 200 g/mol. The summed E-state index contributed by atoms with van der Waals surface area (Å²) in [6, 6.07) is 0.541. The largest absolute Gasteiger partial charge is 0.387 e. The topological polar surface area (TPSA) is 43.8 Å². The lowest BCUT2D eigenvalue weighted by Gasteiger charge is -2.24. The zero-order chi connectivity index (χ0) is 10.6. The van der Waals surface area contributed by atoms with Crippen molar-refractivity contribution in [1.29, 1.82) is 0 Å². The molecule has 1 fully saturated rings. The molecule has 0 saturated carbocycles. The van der Waals surface area contributed by atoms with Gasteiger partial charge in [0.05, 0.1) is 0 Å². The van der Waals surface area contributed by atoms with Crippen LogP contribution in [0.5, 0.6) is 0 Å². The minimum absolute atomic E-state index is 0.143. The maximum atomic E-state index is 11.3. The van der Waals surface area contributed by atoms with Crippen molar-refractivity contribution in [2.45, 2.75) is 26.3 Å². The highest BCUT2D eigenvalue weighted by atomic mass is 16.3. The quantitative estimate of drug-likeness (QED) is 0.678. The molecule has 1 saturated heterocycles. The lowest BCUT2D eigenvalue weighted by molar-refractivity contribution is -0.134. The Labute approximate surface area is 85.5 Å². The fraction of sp³-hybridized carbons (Fsp3) is 0.900. The molecule has 0 aliphatic carbocycles. The first-order valence-corrected chi connectivity index (χ1v) is 5.28. The second-order valence-corrected chi connectivity index (χ2v) is 4.02. The summed E-state index contributed by atoms with van der Waals surface area (Å²) >= 11 is 0. The normalized spacial score (nSPS) is 19.9. The van der Waals surface area contributed by atoms with Crippen molar-refractivity contribution >= 4 is 5.91 Å². The molecule has 1 N–H and O–H groups in total. The van der Waals surface area contributed by atoms with Gasteiger partial charge in [-0.1, -0.05) is 0 Å². The van der Waals surface area contributed by atoms with Crippen LogP contribution < -0.4 is 0 Å². The molecule has 82 valence electrons. The van der Waals surface area contributed by atoms with Gasteiger partial charge in [0.15, 0.2) is 0 Å². The molecule has 0 spiro atoms. The molecule has 4 heteroatoms. The first kappa shape index (κ1) is 11.5. The third-order valence-electron chi connectivity index (χ3n) is 2.75. The summed E-state index contributed by atoms with van der Waals surface area (Å²) in [7, 11) is 0. The van der Waals surface area contributed by atoms with E-state index >= 15 is 0 Å². The molecule has 0 aromatic heterocycles. The van der Waals surface area contributed by atoms with Crippen molar-refractivity contribution in [2.24, 2.45) is 0 Å². The van der Waals surface area contributed by atoms with E-state index in [1.54, 1.807) is 4.90 Å². The number of amides is 1. The Hall–Kier alpha value is -0.610. The molecule has 1 rings (SSSR count). The fourth-order valence-corrected chi connectivity index (χ4v) is 1.80. The highest BCUT2D eigenvalue weighted by Gasteiger charge is 2.19. The molecule has 0 unspecified atom stereocenters. The predicted molar refractivity (Wildman–Crippen MR) is 55.0 cm³/mol. The highest BCUT2D eigenvalue weighted by molar-refractivity contribution is 5.77. The molecule has 1 aliphatic rings. The van der Waals surface area contributed by atoms with Crippen LogP contribution in [0, 0.1) is 0 Å². The number of aliphatic hydroxyl groups is 1. The standard InChI is InChI=1S/C10H20N2O2/c1-9(2)11-4-3-5-12(7-6-11)10(14)8-13/h9,13H,3-8H2,1-2H3. The van der Waals surface area contributed by atoms with Gasteiger partial charge in [0.25, 0.3) is 0 Å². The van der Waals surface area contributed by atoms with Gasteiger partial charge in [-0.25, -0.2) is 0 Å². The van der Waals surface area contributed by atoms with Gasteiger partial charge in [-0.05, 0) is 20.3 Å². The summed E-state index contributed by atoms with van der Waals surface area (Å²) in [5, 5.41) is 8.75. The summed E-state index contributed by atoms with van der Waals surface area (Å²) < 4.78 is 0. The molecule has 1 amide bonds. The number of carbonyl (C=O) groups excluding carboxylic acids is 1. The molecule has 1 aliphatic heterocycles. The van der Waals surface area contributed by atoms with Gasteiger partial charge < -0.3 is 10.0 Å². The molecular formula is C10H20N2O2. The van der Waals surface area contributed by atoms with Crippen LogP contribution in [0.1, 0.15) is 20.3 Å². The van der Waals surface area contributed by atoms with E-state index in [1.807, 2.05) is 0 Å². The third-order valence-corrected chi connectivity index (χ3v) is 2.75. The van der Waals surface area contributed by atoms with Gasteiger partial charge in [0.1, 0.15) is 6.61 Å². The molecule has 1 heterocycles. The fourth-order valence-electron chi connectivity index (χ4n) is 1.80. The molecule has 0 aromatic carbocycles. The molecule has 0 radical (unpaired) electrons. The minimum atomic E-state index is -0.359. The second-order valence-electron chi connectivity index (χ2n) is 4.02. The van der Waals surface area contributed by atoms with Gasteiger partial charge >= 0.3 is 0 Å². The van der Waals surface area contributed by atoms with Gasteiger partial charge in [0, 0.05) is 32.2 Å². The van der Waals surface area contributed by atoms with Crippen LogP contribution in [0.3, 0.4) is 0 Å². The number of hydrogen-bond acceptors (Lipinski definition) is 3. The van der Waals surface area contributed by atoms with E-state index in [-0.39, 0.29) is 12.5 Å².